The number of hydrogen-bond donors (Lipinski definition) is 0. The second-order valence-corrected chi connectivity index (χ2v) is 13.1. The first-order valence-electron chi connectivity index (χ1n) is 13.6. The van der Waals surface area contributed by atoms with Crippen LogP contribution in [-0.2, 0) is 33.1 Å². The van der Waals surface area contributed by atoms with Gasteiger partial charge in [-0.25, -0.2) is 0 Å². The van der Waals surface area contributed by atoms with E-state index in [0.717, 1.165) is 33.8 Å². The van der Waals surface area contributed by atoms with Crippen LogP contribution >= 0.6 is 18.1 Å². The minimum atomic E-state index is -0.0882. The molecule has 0 bridgehead atoms. The molecular weight excluding hydrogens is 534 g/mol. The third-order valence-electron chi connectivity index (χ3n) is 6.66. The fourth-order valence-electron chi connectivity index (χ4n) is 4.23. The van der Waals surface area contributed by atoms with Gasteiger partial charge in [-0.05, 0) is 68.5 Å². The van der Waals surface area contributed by atoms with E-state index in [2.05, 4.69) is 102 Å². The maximum atomic E-state index is 5.96. The average molecular weight is 575 g/mol. The molecule has 0 aromatic heterocycles. The summed E-state index contributed by atoms with van der Waals surface area (Å²) in [5.74, 6) is 1.63. The molecule has 0 N–H and O–H groups in total. The van der Waals surface area contributed by atoms with Gasteiger partial charge in [-0.15, -0.1) is 0 Å². The quantitative estimate of drug-likeness (QED) is 0.132. The van der Waals surface area contributed by atoms with E-state index in [1.165, 1.54) is 11.1 Å². The van der Waals surface area contributed by atoms with Crippen LogP contribution in [0.2, 0.25) is 0 Å². The first-order chi connectivity index (χ1) is 19.1. The maximum Gasteiger partial charge on any atom is 0.215 e. The maximum absolute atomic E-state index is 5.96. The monoisotopic (exact) mass is 574 g/mol. The summed E-state index contributed by atoms with van der Waals surface area (Å²) in [6, 6.07) is 33.1. The third-order valence-corrected chi connectivity index (χ3v) is 7.82. The predicted molar refractivity (Wildman–Crippen MR) is 170 cm³/mol. The van der Waals surface area contributed by atoms with Crippen LogP contribution in [0.5, 0.6) is 11.5 Å². The molecule has 0 aliphatic rings. The molecule has 4 aromatic carbocycles. The minimum Gasteiger partial charge on any atom is -0.450 e. The molecule has 2 unspecified atom stereocenters. The van der Waals surface area contributed by atoms with Gasteiger partial charge in [0.05, 0.1) is 13.2 Å². The Kier molecular flexibility index (Phi) is 10.4. The molecule has 2 atom stereocenters. The molecule has 0 amide bonds. The van der Waals surface area contributed by atoms with E-state index in [1.807, 2.05) is 36.4 Å². The molecule has 0 saturated carbocycles. The summed E-state index contributed by atoms with van der Waals surface area (Å²) in [6.07, 6.45) is 0. The second kappa shape index (κ2) is 13.7. The van der Waals surface area contributed by atoms with Crippen LogP contribution in [0.25, 0.3) is 11.1 Å². The van der Waals surface area contributed by atoms with E-state index in [9.17, 15) is 0 Å². The summed E-state index contributed by atoms with van der Waals surface area (Å²) in [7, 11) is -0.176. The highest BCUT2D eigenvalue weighted by Crippen LogP contribution is 2.33. The van der Waals surface area contributed by atoms with E-state index in [0.29, 0.717) is 13.2 Å². The fraction of sp³-hybridized carbons (Fsp3) is 0.294. The Balaban J connectivity index is 1.32. The van der Waals surface area contributed by atoms with Gasteiger partial charge in [-0.3, -0.25) is 0 Å². The van der Waals surface area contributed by atoms with Crippen LogP contribution in [0.15, 0.2) is 97.1 Å². The number of hydrogen-bond acceptors (Lipinski definition) is 4. The standard InChI is InChI=1S/C34H40O4P2/c1-33(2,3)27-15-19-29(20-16-27)37-39-35-23-25-11-7-9-13-31(25)32-14-10-8-12-26(32)24-36-40-38-30-21-17-28(18-22-30)34(4,5)6/h7-22,39-40H,23-24H2,1-6H3. The Morgan fingerprint density at radius 2 is 0.825 bits per heavy atom. The van der Waals surface area contributed by atoms with Crippen molar-refractivity contribution in [2.75, 3.05) is 0 Å². The van der Waals surface area contributed by atoms with Crippen molar-refractivity contribution >= 4 is 18.1 Å². The average Bonchev–Trinajstić information content (AvgIpc) is 2.93. The van der Waals surface area contributed by atoms with E-state index in [4.69, 9.17) is 18.1 Å². The Hall–Kier alpha value is -2.74. The van der Waals surface area contributed by atoms with Crippen LogP contribution in [0.4, 0.5) is 0 Å². The van der Waals surface area contributed by atoms with Crippen LogP contribution in [0.1, 0.15) is 63.8 Å². The molecular formula is C34H40O4P2. The van der Waals surface area contributed by atoms with Gasteiger partial charge in [-0.2, -0.15) is 0 Å². The zero-order valence-electron chi connectivity index (χ0n) is 24.3. The molecule has 0 aliphatic heterocycles. The first-order valence-corrected chi connectivity index (χ1v) is 15.2. The van der Waals surface area contributed by atoms with Crippen molar-refractivity contribution in [3.63, 3.8) is 0 Å². The van der Waals surface area contributed by atoms with Gasteiger partial charge in [0, 0.05) is 0 Å². The van der Waals surface area contributed by atoms with E-state index < -0.39 is 0 Å². The molecule has 0 heterocycles. The van der Waals surface area contributed by atoms with Crippen molar-refractivity contribution in [2.45, 2.75) is 65.6 Å². The molecule has 0 saturated heterocycles. The highest BCUT2D eigenvalue weighted by atomic mass is 31.1. The lowest BCUT2D eigenvalue weighted by Crippen LogP contribution is -2.10. The van der Waals surface area contributed by atoms with Gasteiger partial charge in [-0.1, -0.05) is 114 Å². The summed E-state index contributed by atoms with van der Waals surface area (Å²) in [5.41, 5.74) is 7.26. The lowest BCUT2D eigenvalue weighted by Gasteiger charge is -2.19. The van der Waals surface area contributed by atoms with E-state index in [-0.39, 0.29) is 28.9 Å². The molecule has 0 aliphatic carbocycles. The largest absolute Gasteiger partial charge is 0.450 e. The summed E-state index contributed by atoms with van der Waals surface area (Å²) in [4.78, 5) is 0. The van der Waals surface area contributed by atoms with Crippen molar-refractivity contribution in [2.24, 2.45) is 0 Å². The van der Waals surface area contributed by atoms with Crippen molar-refractivity contribution in [1.29, 1.82) is 0 Å². The Morgan fingerprint density at radius 3 is 1.18 bits per heavy atom. The van der Waals surface area contributed by atoms with Crippen molar-refractivity contribution in [3.8, 4) is 22.6 Å². The molecule has 4 rings (SSSR count). The lowest BCUT2D eigenvalue weighted by molar-refractivity contribution is 0.318. The summed E-state index contributed by atoms with van der Waals surface area (Å²) >= 11 is 0. The van der Waals surface area contributed by atoms with Crippen LogP contribution < -0.4 is 9.05 Å². The Morgan fingerprint density at radius 1 is 0.475 bits per heavy atom. The zero-order valence-corrected chi connectivity index (χ0v) is 26.3. The fourth-order valence-corrected chi connectivity index (χ4v) is 5.24. The van der Waals surface area contributed by atoms with Crippen LogP contribution in [0, 0.1) is 0 Å². The molecule has 0 fully saturated rings. The van der Waals surface area contributed by atoms with Gasteiger partial charge < -0.3 is 18.1 Å². The molecule has 4 nitrogen and oxygen atoms in total. The predicted octanol–water partition coefficient (Wildman–Crippen LogP) is 10.2. The number of rotatable bonds is 11. The Bertz CT molecular complexity index is 1250. The van der Waals surface area contributed by atoms with Gasteiger partial charge in [0.1, 0.15) is 11.5 Å². The van der Waals surface area contributed by atoms with Crippen LogP contribution in [0.3, 0.4) is 0 Å². The summed E-state index contributed by atoms with van der Waals surface area (Å²) in [6.45, 7) is 14.1. The first kappa shape index (κ1) is 30.2. The minimum absolute atomic E-state index is 0.0882. The van der Waals surface area contributed by atoms with Crippen molar-refractivity contribution < 1.29 is 18.1 Å². The molecule has 4 aromatic rings. The summed E-state index contributed by atoms with van der Waals surface area (Å²) in [5, 5.41) is 0. The molecule has 0 spiro atoms. The third kappa shape index (κ3) is 8.63. The van der Waals surface area contributed by atoms with Crippen LogP contribution in [-0.4, -0.2) is 0 Å². The van der Waals surface area contributed by atoms with Crippen molar-refractivity contribution in [1.82, 2.24) is 0 Å². The molecule has 40 heavy (non-hydrogen) atoms. The number of benzene rings is 4. The topological polar surface area (TPSA) is 36.9 Å². The molecule has 0 radical (unpaired) electrons. The highest BCUT2D eigenvalue weighted by Gasteiger charge is 2.14. The highest BCUT2D eigenvalue weighted by molar-refractivity contribution is 7.26. The lowest BCUT2D eigenvalue weighted by atomic mass is 9.87. The zero-order chi connectivity index (χ0) is 28.6. The van der Waals surface area contributed by atoms with Gasteiger partial charge >= 0.3 is 0 Å². The second-order valence-electron chi connectivity index (χ2n) is 11.8. The van der Waals surface area contributed by atoms with Gasteiger partial charge in [0.25, 0.3) is 0 Å². The normalized spacial score (nSPS) is 12.4. The van der Waals surface area contributed by atoms with Gasteiger partial charge in [0.15, 0.2) is 0 Å². The SMILES string of the molecule is CC(C)(C)c1ccc(OPOCc2ccccc2-c2ccccc2COPOc2ccc(C(C)(C)C)cc2)cc1. The molecule has 210 valence electrons. The van der Waals surface area contributed by atoms with E-state index in [1.54, 1.807) is 0 Å². The summed E-state index contributed by atoms with van der Waals surface area (Å²) < 4.78 is 23.6. The smallest absolute Gasteiger partial charge is 0.215 e. The van der Waals surface area contributed by atoms with Crippen molar-refractivity contribution in [3.05, 3.63) is 119 Å². The van der Waals surface area contributed by atoms with Gasteiger partial charge in [0.2, 0.25) is 18.1 Å². The molecule has 6 heteroatoms. The Labute approximate surface area is 243 Å². The van der Waals surface area contributed by atoms with E-state index >= 15 is 0 Å².